The number of hydrogen-bond acceptors (Lipinski definition) is 2. The lowest BCUT2D eigenvalue weighted by atomic mass is 10.1. The monoisotopic (exact) mass is 362 g/mol. The zero-order valence-electron chi connectivity index (χ0n) is 16.2. The number of benzene rings is 2. The van der Waals surface area contributed by atoms with E-state index >= 15 is 0 Å². The van der Waals surface area contributed by atoms with E-state index < -0.39 is 11.7 Å². The molecule has 3 rings (SSSR count). The molecule has 0 saturated heterocycles. The Kier molecular flexibility index (Phi) is 5.75. The minimum Gasteiger partial charge on any atom is -0.347 e. The van der Waals surface area contributed by atoms with Crippen molar-refractivity contribution in [3.8, 4) is 0 Å². The van der Waals surface area contributed by atoms with E-state index in [-0.39, 0.29) is 0 Å². The zero-order valence-corrected chi connectivity index (χ0v) is 16.2. The molecule has 1 N–H and O–H groups in total. The Morgan fingerprint density at radius 1 is 0.963 bits per heavy atom. The highest BCUT2D eigenvalue weighted by atomic mass is 16.2. The number of nitrogens with one attached hydrogen (secondary N) is 1. The molecule has 2 aromatic carbocycles. The molecule has 0 unspecified atom stereocenters. The van der Waals surface area contributed by atoms with Crippen molar-refractivity contribution >= 4 is 28.3 Å². The van der Waals surface area contributed by atoms with Gasteiger partial charge in [0.2, 0.25) is 0 Å². The summed E-state index contributed by atoms with van der Waals surface area (Å²) in [5, 5.41) is 3.63. The summed E-state index contributed by atoms with van der Waals surface area (Å²) in [7, 11) is 0. The van der Waals surface area contributed by atoms with Crippen LogP contribution in [0.25, 0.3) is 10.9 Å². The van der Waals surface area contributed by atoms with E-state index in [4.69, 9.17) is 0 Å². The van der Waals surface area contributed by atoms with Gasteiger partial charge in [-0.05, 0) is 37.5 Å². The average Bonchev–Trinajstić information content (AvgIpc) is 3.03. The first-order chi connectivity index (χ1) is 13.0. The number of anilines is 1. The molecule has 1 heterocycles. The van der Waals surface area contributed by atoms with Gasteiger partial charge in [-0.2, -0.15) is 0 Å². The highest BCUT2D eigenvalue weighted by Crippen LogP contribution is 2.24. The fourth-order valence-corrected chi connectivity index (χ4v) is 3.45. The van der Waals surface area contributed by atoms with Crippen molar-refractivity contribution < 1.29 is 9.59 Å². The van der Waals surface area contributed by atoms with E-state index in [0.717, 1.165) is 47.8 Å². The molecule has 4 heteroatoms. The Hall–Kier alpha value is -2.88. The minimum atomic E-state index is -0.594. The van der Waals surface area contributed by atoms with E-state index in [1.165, 1.54) is 0 Å². The van der Waals surface area contributed by atoms with Crippen molar-refractivity contribution in [3.05, 3.63) is 65.4 Å². The molecule has 0 aliphatic carbocycles. The Morgan fingerprint density at radius 3 is 2.37 bits per heavy atom. The van der Waals surface area contributed by atoms with Crippen molar-refractivity contribution in [2.45, 2.75) is 46.6 Å². The molecule has 0 radical (unpaired) electrons. The summed E-state index contributed by atoms with van der Waals surface area (Å²) in [5.74, 6) is -1.09. The van der Waals surface area contributed by atoms with E-state index in [1.54, 1.807) is 0 Å². The number of carbonyl (C=O) groups excluding carboxylic acids is 2. The van der Waals surface area contributed by atoms with Gasteiger partial charge in [0.15, 0.2) is 0 Å². The van der Waals surface area contributed by atoms with Gasteiger partial charge in [0.25, 0.3) is 11.7 Å². The van der Waals surface area contributed by atoms with Crippen LogP contribution in [0.5, 0.6) is 0 Å². The average molecular weight is 362 g/mol. The number of Topliss-reactive ketones (excluding diaryl/α,β-unsaturated/α-hetero) is 1. The Morgan fingerprint density at radius 2 is 1.67 bits per heavy atom. The summed E-state index contributed by atoms with van der Waals surface area (Å²) in [6.45, 7) is 6.86. The summed E-state index contributed by atoms with van der Waals surface area (Å²) < 4.78 is 2.09. The second-order valence-electron chi connectivity index (χ2n) is 7.01. The molecule has 0 bridgehead atoms. The predicted octanol–water partition coefficient (Wildman–Crippen LogP) is 5.27. The summed E-state index contributed by atoms with van der Waals surface area (Å²) >= 11 is 0. The van der Waals surface area contributed by atoms with Crippen molar-refractivity contribution in [3.63, 3.8) is 0 Å². The van der Waals surface area contributed by atoms with Crippen molar-refractivity contribution in [1.29, 1.82) is 0 Å². The highest BCUT2D eigenvalue weighted by Gasteiger charge is 2.22. The van der Waals surface area contributed by atoms with Crippen LogP contribution in [0.2, 0.25) is 0 Å². The highest BCUT2D eigenvalue weighted by molar-refractivity contribution is 6.48. The number of ketones is 1. The summed E-state index contributed by atoms with van der Waals surface area (Å²) in [5.41, 5.74) is 4.06. The number of aromatic nitrogens is 1. The molecule has 3 aromatic rings. The Balaban J connectivity index is 1.90. The third-order valence-corrected chi connectivity index (χ3v) is 4.96. The predicted molar refractivity (Wildman–Crippen MR) is 110 cm³/mol. The van der Waals surface area contributed by atoms with Gasteiger partial charge in [-0.1, -0.05) is 56.2 Å². The molecule has 1 aromatic heterocycles. The minimum absolute atomic E-state index is 0.464. The van der Waals surface area contributed by atoms with Crippen LogP contribution in [-0.2, 0) is 11.3 Å². The van der Waals surface area contributed by atoms with Gasteiger partial charge in [-0.25, -0.2) is 0 Å². The zero-order chi connectivity index (χ0) is 19.4. The number of para-hydroxylation sites is 2. The van der Waals surface area contributed by atoms with E-state index in [2.05, 4.69) is 16.8 Å². The normalized spacial score (nSPS) is 10.9. The molecule has 0 fully saturated rings. The summed E-state index contributed by atoms with van der Waals surface area (Å²) in [6, 6.07) is 13.6. The summed E-state index contributed by atoms with van der Waals surface area (Å²) in [6.07, 6.45) is 5.16. The number of carbonyl (C=O) groups is 2. The number of rotatable bonds is 7. The number of amides is 1. The SMILES string of the molecule is CCCCCn1cc(C(=O)C(=O)Nc2c(C)cccc2C)c2ccccc21. The van der Waals surface area contributed by atoms with Gasteiger partial charge in [-0.15, -0.1) is 0 Å². The maximum atomic E-state index is 12.9. The van der Waals surface area contributed by atoms with E-state index in [0.29, 0.717) is 11.3 Å². The van der Waals surface area contributed by atoms with Crippen LogP contribution < -0.4 is 5.32 Å². The lowest BCUT2D eigenvalue weighted by Gasteiger charge is -2.10. The number of hydrogen-bond donors (Lipinski definition) is 1. The van der Waals surface area contributed by atoms with Crippen LogP contribution >= 0.6 is 0 Å². The standard InChI is InChI=1S/C23H26N2O2/c1-4-5-8-14-25-15-19(18-12-6-7-13-20(18)25)22(26)23(27)24-21-16(2)10-9-11-17(21)3/h6-7,9-13,15H,4-5,8,14H2,1-3H3,(H,24,27). The largest absolute Gasteiger partial charge is 0.347 e. The number of fused-ring (bicyclic) bond motifs is 1. The summed E-state index contributed by atoms with van der Waals surface area (Å²) in [4.78, 5) is 25.6. The first-order valence-corrected chi connectivity index (χ1v) is 9.52. The van der Waals surface area contributed by atoms with E-state index in [1.807, 2.05) is 62.5 Å². The molecule has 1 amide bonds. The molecule has 140 valence electrons. The Labute approximate surface area is 160 Å². The van der Waals surface area contributed by atoms with Crippen LogP contribution in [0.4, 0.5) is 5.69 Å². The van der Waals surface area contributed by atoms with Crippen molar-refractivity contribution in [1.82, 2.24) is 4.57 Å². The number of nitrogens with zero attached hydrogens (tertiary/aromatic N) is 1. The topological polar surface area (TPSA) is 51.1 Å². The molecule has 0 aliphatic rings. The van der Waals surface area contributed by atoms with Gasteiger partial charge in [0, 0.05) is 29.3 Å². The van der Waals surface area contributed by atoms with E-state index in [9.17, 15) is 9.59 Å². The van der Waals surface area contributed by atoms with Crippen LogP contribution in [0.3, 0.4) is 0 Å². The lowest BCUT2D eigenvalue weighted by Crippen LogP contribution is -2.23. The fourth-order valence-electron chi connectivity index (χ4n) is 3.45. The first-order valence-electron chi connectivity index (χ1n) is 9.52. The second kappa shape index (κ2) is 8.21. The van der Waals surface area contributed by atoms with Crippen molar-refractivity contribution in [2.24, 2.45) is 0 Å². The molecular formula is C23H26N2O2. The van der Waals surface area contributed by atoms with Gasteiger partial charge in [-0.3, -0.25) is 9.59 Å². The van der Waals surface area contributed by atoms with Gasteiger partial charge >= 0.3 is 0 Å². The molecule has 0 spiro atoms. The third-order valence-electron chi connectivity index (χ3n) is 4.96. The maximum absolute atomic E-state index is 12.9. The quantitative estimate of drug-likeness (QED) is 0.354. The van der Waals surface area contributed by atoms with Gasteiger partial charge in [0.1, 0.15) is 0 Å². The van der Waals surface area contributed by atoms with Gasteiger partial charge in [0.05, 0.1) is 5.56 Å². The molecule has 4 nitrogen and oxygen atoms in total. The molecule has 0 saturated carbocycles. The fraction of sp³-hybridized carbons (Fsp3) is 0.304. The lowest BCUT2D eigenvalue weighted by molar-refractivity contribution is -0.112. The smallest absolute Gasteiger partial charge is 0.296 e. The van der Waals surface area contributed by atoms with Crippen LogP contribution in [0, 0.1) is 13.8 Å². The Bertz CT molecular complexity index is 965. The first kappa shape index (κ1) is 18.9. The maximum Gasteiger partial charge on any atom is 0.296 e. The molecule has 27 heavy (non-hydrogen) atoms. The molecule has 0 aliphatic heterocycles. The molecular weight excluding hydrogens is 336 g/mol. The second-order valence-corrected chi connectivity index (χ2v) is 7.01. The van der Waals surface area contributed by atoms with Crippen molar-refractivity contribution in [2.75, 3.05) is 5.32 Å². The van der Waals surface area contributed by atoms with Crippen LogP contribution in [0.15, 0.2) is 48.7 Å². The van der Waals surface area contributed by atoms with Crippen LogP contribution in [0.1, 0.15) is 47.7 Å². The third kappa shape index (κ3) is 3.95. The van der Waals surface area contributed by atoms with Gasteiger partial charge < -0.3 is 9.88 Å². The number of unbranched alkanes of at least 4 members (excludes halogenated alkanes) is 2. The molecule has 0 atom stereocenters. The van der Waals surface area contributed by atoms with Crippen LogP contribution in [-0.4, -0.2) is 16.3 Å². The number of aryl methyl sites for hydroxylation is 3.